The van der Waals surface area contributed by atoms with Crippen LogP contribution in [0.1, 0.15) is 25.8 Å². The van der Waals surface area contributed by atoms with Gasteiger partial charge >= 0.3 is 0 Å². The van der Waals surface area contributed by atoms with Crippen LogP contribution in [-0.4, -0.2) is 85.4 Å². The van der Waals surface area contributed by atoms with Crippen molar-refractivity contribution in [3.8, 4) is 5.75 Å². The summed E-state index contributed by atoms with van der Waals surface area (Å²) in [5.74, 6) is 0.811. The molecular weight excluding hydrogens is 388 g/mol. The van der Waals surface area contributed by atoms with Crippen LogP contribution in [0.3, 0.4) is 0 Å². The molecule has 0 heterocycles. The van der Waals surface area contributed by atoms with E-state index in [1.54, 1.807) is 7.05 Å². The maximum absolute atomic E-state index is 5.66. The molecule has 0 saturated heterocycles. The van der Waals surface area contributed by atoms with Crippen molar-refractivity contribution in [2.75, 3.05) is 79.7 Å². The van der Waals surface area contributed by atoms with Crippen molar-refractivity contribution in [3.05, 3.63) is 29.8 Å². The van der Waals surface area contributed by atoms with Crippen molar-refractivity contribution < 1.29 is 28.4 Å². The molecule has 0 aliphatic heterocycles. The van der Waals surface area contributed by atoms with Gasteiger partial charge in [0.15, 0.2) is 0 Å². The van der Waals surface area contributed by atoms with Crippen molar-refractivity contribution in [1.82, 2.24) is 5.43 Å². The zero-order chi connectivity index (χ0) is 21.7. The molecule has 8 heteroatoms. The molecule has 1 N–H and O–H groups in total. The molecule has 1 rings (SSSR count). The number of rotatable bonds is 20. The lowest BCUT2D eigenvalue weighted by Gasteiger charge is -2.09. The van der Waals surface area contributed by atoms with Crippen LogP contribution in [0.25, 0.3) is 0 Å². The molecule has 0 spiro atoms. The normalized spacial score (nSPS) is 11.6. The first-order valence-electron chi connectivity index (χ1n) is 10.6. The molecule has 0 atom stereocenters. The highest BCUT2D eigenvalue weighted by Crippen LogP contribution is 2.12. The van der Waals surface area contributed by atoms with Gasteiger partial charge in [-0.2, -0.15) is 5.10 Å². The zero-order valence-corrected chi connectivity index (χ0v) is 18.7. The standard InChI is InChI=1S/C22H38N2O6/c1-4-9-25-10-11-26-12-13-27-14-15-28-16-17-29-18-19-30-22-7-5-21(6-8-22)20(2)24-23-3/h5-8,23H,4,9-19H2,1-3H3/b24-20+. The van der Waals surface area contributed by atoms with Crippen LogP contribution in [0.15, 0.2) is 29.4 Å². The minimum atomic E-state index is 0.496. The average molecular weight is 427 g/mol. The van der Waals surface area contributed by atoms with Crippen LogP contribution < -0.4 is 10.2 Å². The van der Waals surface area contributed by atoms with Gasteiger partial charge in [-0.05, 0) is 43.2 Å². The van der Waals surface area contributed by atoms with E-state index < -0.39 is 0 Å². The minimum absolute atomic E-state index is 0.496. The Bertz CT molecular complexity index is 539. The molecule has 0 radical (unpaired) electrons. The SMILES string of the molecule is CCCOCCOCCOCCOCCOCCOc1ccc(/C(C)=N/NC)cc1. The predicted octanol–water partition coefficient (Wildman–Crippen LogP) is 2.50. The Kier molecular flexibility index (Phi) is 16.9. The predicted molar refractivity (Wildman–Crippen MR) is 118 cm³/mol. The Morgan fingerprint density at radius 1 is 0.700 bits per heavy atom. The number of nitrogens with one attached hydrogen (secondary N) is 1. The Morgan fingerprint density at radius 2 is 1.13 bits per heavy atom. The lowest BCUT2D eigenvalue weighted by Crippen LogP contribution is -2.14. The van der Waals surface area contributed by atoms with Crippen LogP contribution in [0.2, 0.25) is 0 Å². The molecule has 1 aromatic carbocycles. The number of ether oxygens (including phenoxy) is 6. The molecular formula is C22H38N2O6. The van der Waals surface area contributed by atoms with Crippen LogP contribution in [0.4, 0.5) is 0 Å². The van der Waals surface area contributed by atoms with E-state index in [9.17, 15) is 0 Å². The third-order valence-corrected chi connectivity index (χ3v) is 3.88. The highest BCUT2D eigenvalue weighted by molar-refractivity contribution is 5.98. The van der Waals surface area contributed by atoms with Gasteiger partial charge in [0.1, 0.15) is 12.4 Å². The maximum atomic E-state index is 5.66. The first kappa shape index (κ1) is 26.3. The van der Waals surface area contributed by atoms with E-state index in [1.165, 1.54) is 0 Å². The lowest BCUT2D eigenvalue weighted by atomic mass is 10.1. The zero-order valence-electron chi connectivity index (χ0n) is 18.7. The van der Waals surface area contributed by atoms with Gasteiger partial charge in [0.25, 0.3) is 0 Å². The summed E-state index contributed by atoms with van der Waals surface area (Å²) >= 11 is 0. The molecule has 172 valence electrons. The van der Waals surface area contributed by atoms with Crippen LogP contribution >= 0.6 is 0 Å². The molecule has 1 aromatic rings. The van der Waals surface area contributed by atoms with E-state index >= 15 is 0 Å². The fraction of sp³-hybridized carbons (Fsp3) is 0.682. The molecule has 0 amide bonds. The molecule has 30 heavy (non-hydrogen) atoms. The quantitative estimate of drug-likeness (QED) is 0.195. The first-order chi connectivity index (χ1) is 14.8. The second-order valence-electron chi connectivity index (χ2n) is 6.36. The Labute approximate surface area is 180 Å². The maximum Gasteiger partial charge on any atom is 0.119 e. The Morgan fingerprint density at radius 3 is 1.57 bits per heavy atom. The summed E-state index contributed by atoms with van der Waals surface area (Å²) < 4.78 is 32.8. The molecule has 0 saturated carbocycles. The number of nitrogens with zero attached hydrogens (tertiary/aromatic N) is 1. The first-order valence-corrected chi connectivity index (χ1v) is 10.6. The highest BCUT2D eigenvalue weighted by Gasteiger charge is 1.99. The van der Waals surface area contributed by atoms with E-state index in [0.29, 0.717) is 66.1 Å². The Balaban J connectivity index is 1.85. The fourth-order valence-electron chi connectivity index (χ4n) is 2.37. The largest absolute Gasteiger partial charge is 0.491 e. The van der Waals surface area contributed by atoms with Gasteiger partial charge < -0.3 is 33.8 Å². The molecule has 0 aliphatic rings. The van der Waals surface area contributed by atoms with Crippen molar-refractivity contribution >= 4 is 5.71 Å². The summed E-state index contributed by atoms with van der Waals surface area (Å²) in [5.41, 5.74) is 4.77. The second-order valence-corrected chi connectivity index (χ2v) is 6.36. The van der Waals surface area contributed by atoms with Crippen molar-refractivity contribution in [2.45, 2.75) is 20.3 Å². The monoisotopic (exact) mass is 426 g/mol. The van der Waals surface area contributed by atoms with Crippen molar-refractivity contribution in [3.63, 3.8) is 0 Å². The summed E-state index contributed by atoms with van der Waals surface area (Å²) in [6.45, 7) is 10.4. The van der Waals surface area contributed by atoms with Gasteiger partial charge in [-0.3, -0.25) is 0 Å². The second kappa shape index (κ2) is 19.3. The van der Waals surface area contributed by atoms with Gasteiger partial charge in [0, 0.05) is 13.7 Å². The summed E-state index contributed by atoms with van der Waals surface area (Å²) in [6, 6.07) is 7.82. The molecule has 0 aromatic heterocycles. The number of benzene rings is 1. The lowest BCUT2D eigenvalue weighted by molar-refractivity contribution is -0.0126. The van der Waals surface area contributed by atoms with E-state index in [1.807, 2.05) is 31.2 Å². The summed E-state index contributed by atoms with van der Waals surface area (Å²) in [6.07, 6.45) is 1.03. The topological polar surface area (TPSA) is 79.8 Å². The number of hydrogen-bond acceptors (Lipinski definition) is 8. The highest BCUT2D eigenvalue weighted by atomic mass is 16.6. The summed E-state index contributed by atoms with van der Waals surface area (Å²) in [5, 5.41) is 4.15. The molecule has 0 fully saturated rings. The van der Waals surface area contributed by atoms with Gasteiger partial charge in [-0.15, -0.1) is 0 Å². The summed E-state index contributed by atoms with van der Waals surface area (Å²) in [4.78, 5) is 0. The number of hydrogen-bond donors (Lipinski definition) is 1. The van der Waals surface area contributed by atoms with E-state index in [0.717, 1.165) is 30.1 Å². The third-order valence-electron chi connectivity index (χ3n) is 3.88. The summed E-state index contributed by atoms with van der Waals surface area (Å²) in [7, 11) is 1.78. The van der Waals surface area contributed by atoms with Gasteiger partial charge in [0.2, 0.25) is 0 Å². The van der Waals surface area contributed by atoms with E-state index in [2.05, 4.69) is 17.5 Å². The van der Waals surface area contributed by atoms with Gasteiger partial charge in [-0.25, -0.2) is 0 Å². The molecule has 0 bridgehead atoms. The smallest absolute Gasteiger partial charge is 0.119 e. The Hall–Kier alpha value is -1.71. The molecule has 0 unspecified atom stereocenters. The van der Waals surface area contributed by atoms with Crippen LogP contribution in [0.5, 0.6) is 5.75 Å². The van der Waals surface area contributed by atoms with Crippen LogP contribution in [-0.2, 0) is 23.7 Å². The fourth-order valence-corrected chi connectivity index (χ4v) is 2.37. The van der Waals surface area contributed by atoms with E-state index in [-0.39, 0.29) is 0 Å². The van der Waals surface area contributed by atoms with E-state index in [4.69, 9.17) is 28.4 Å². The van der Waals surface area contributed by atoms with Gasteiger partial charge in [0.05, 0.1) is 65.2 Å². The average Bonchev–Trinajstić information content (AvgIpc) is 2.76. The van der Waals surface area contributed by atoms with Crippen molar-refractivity contribution in [1.29, 1.82) is 0 Å². The minimum Gasteiger partial charge on any atom is -0.491 e. The third kappa shape index (κ3) is 14.3. The molecule has 8 nitrogen and oxygen atoms in total. The van der Waals surface area contributed by atoms with Crippen LogP contribution in [0, 0.1) is 0 Å². The van der Waals surface area contributed by atoms with Crippen molar-refractivity contribution in [2.24, 2.45) is 5.10 Å². The number of hydrazone groups is 1. The van der Waals surface area contributed by atoms with Gasteiger partial charge in [-0.1, -0.05) is 6.92 Å². The molecule has 0 aliphatic carbocycles.